The summed E-state index contributed by atoms with van der Waals surface area (Å²) in [6.45, 7) is 8.50. The smallest absolute Gasteiger partial charge is 0.222 e. The molecular weight excluding hydrogens is 200 g/mol. The predicted octanol–water partition coefficient (Wildman–Crippen LogP) is 2.72. The van der Waals surface area contributed by atoms with Crippen molar-refractivity contribution in [2.45, 2.75) is 39.7 Å². The van der Waals surface area contributed by atoms with E-state index in [-0.39, 0.29) is 0 Å². The van der Waals surface area contributed by atoms with Gasteiger partial charge in [-0.15, -0.1) is 0 Å². The van der Waals surface area contributed by atoms with Crippen molar-refractivity contribution in [2.24, 2.45) is 0 Å². The van der Waals surface area contributed by atoms with Gasteiger partial charge in [0.2, 0.25) is 5.95 Å². The van der Waals surface area contributed by atoms with Crippen LogP contribution < -0.4 is 5.73 Å². The van der Waals surface area contributed by atoms with Gasteiger partial charge in [-0.2, -0.15) is 4.98 Å². The molecule has 0 spiro atoms. The van der Waals surface area contributed by atoms with Crippen LogP contribution in [0.5, 0.6) is 0 Å². The molecule has 4 heteroatoms. The highest BCUT2D eigenvalue weighted by molar-refractivity contribution is 5.80. The van der Waals surface area contributed by atoms with Gasteiger partial charge in [0, 0.05) is 17.6 Å². The predicted molar refractivity (Wildman–Crippen MR) is 66.4 cm³/mol. The minimum absolute atomic E-state index is 0.357. The van der Waals surface area contributed by atoms with Crippen molar-refractivity contribution in [1.82, 2.24) is 14.5 Å². The van der Waals surface area contributed by atoms with Crippen LogP contribution >= 0.6 is 0 Å². The third-order valence-electron chi connectivity index (χ3n) is 2.72. The molecule has 0 bridgehead atoms. The molecule has 0 fully saturated rings. The summed E-state index contributed by atoms with van der Waals surface area (Å²) < 4.78 is 2.12. The second kappa shape index (κ2) is 3.77. The molecule has 2 heterocycles. The Labute approximate surface area is 95.5 Å². The molecule has 0 saturated carbocycles. The Kier molecular flexibility index (Phi) is 2.58. The van der Waals surface area contributed by atoms with Crippen LogP contribution in [0.3, 0.4) is 0 Å². The van der Waals surface area contributed by atoms with E-state index in [0.717, 1.165) is 16.7 Å². The molecule has 2 N–H and O–H groups in total. The van der Waals surface area contributed by atoms with E-state index in [0.29, 0.717) is 17.9 Å². The summed E-state index contributed by atoms with van der Waals surface area (Å²) in [6.07, 6.45) is 2.05. The largest absolute Gasteiger partial charge is 0.368 e. The molecule has 0 unspecified atom stereocenters. The maximum Gasteiger partial charge on any atom is 0.222 e. The fourth-order valence-corrected chi connectivity index (χ4v) is 1.93. The third kappa shape index (κ3) is 1.64. The van der Waals surface area contributed by atoms with Crippen molar-refractivity contribution in [3.63, 3.8) is 0 Å². The number of rotatable bonds is 2. The molecule has 0 atom stereocenters. The Morgan fingerprint density at radius 3 is 2.44 bits per heavy atom. The number of hydrogen-bond donors (Lipinski definition) is 1. The van der Waals surface area contributed by atoms with Crippen molar-refractivity contribution in [3.8, 4) is 0 Å². The molecule has 0 aliphatic carbocycles. The van der Waals surface area contributed by atoms with E-state index in [1.165, 1.54) is 0 Å². The summed E-state index contributed by atoms with van der Waals surface area (Å²) in [5.74, 6) is 0.715. The van der Waals surface area contributed by atoms with E-state index in [9.17, 15) is 0 Å². The summed E-state index contributed by atoms with van der Waals surface area (Å²) in [5.41, 5.74) is 7.72. The molecule has 4 nitrogen and oxygen atoms in total. The van der Waals surface area contributed by atoms with E-state index in [4.69, 9.17) is 5.73 Å². The topological polar surface area (TPSA) is 56.7 Å². The number of fused-ring (bicyclic) bond motifs is 1. The Morgan fingerprint density at radius 1 is 1.19 bits per heavy atom. The Morgan fingerprint density at radius 2 is 1.88 bits per heavy atom. The minimum atomic E-state index is 0.357. The minimum Gasteiger partial charge on any atom is -0.368 e. The van der Waals surface area contributed by atoms with Crippen LogP contribution in [0.2, 0.25) is 0 Å². The van der Waals surface area contributed by atoms with Crippen molar-refractivity contribution in [2.75, 3.05) is 5.73 Å². The molecular formula is C12H18N4. The van der Waals surface area contributed by atoms with Gasteiger partial charge in [-0.3, -0.25) is 0 Å². The molecule has 86 valence electrons. The number of anilines is 1. The van der Waals surface area contributed by atoms with Gasteiger partial charge in [0.05, 0.1) is 5.69 Å². The van der Waals surface area contributed by atoms with E-state index in [1.54, 1.807) is 0 Å². The lowest BCUT2D eigenvalue weighted by Gasteiger charge is -2.11. The van der Waals surface area contributed by atoms with Crippen molar-refractivity contribution in [1.29, 1.82) is 0 Å². The molecule has 2 aromatic rings. The van der Waals surface area contributed by atoms with Crippen molar-refractivity contribution < 1.29 is 0 Å². The molecule has 0 aliphatic heterocycles. The van der Waals surface area contributed by atoms with Crippen LogP contribution in [0, 0.1) is 0 Å². The normalized spacial score (nSPS) is 11.9. The highest BCUT2D eigenvalue weighted by Crippen LogP contribution is 2.26. The maximum absolute atomic E-state index is 5.76. The Balaban J connectivity index is 2.75. The van der Waals surface area contributed by atoms with Gasteiger partial charge in [-0.25, -0.2) is 4.98 Å². The van der Waals surface area contributed by atoms with Gasteiger partial charge in [0.15, 0.2) is 0 Å². The third-order valence-corrected chi connectivity index (χ3v) is 2.72. The van der Waals surface area contributed by atoms with Crippen LogP contribution in [0.1, 0.15) is 45.3 Å². The van der Waals surface area contributed by atoms with Gasteiger partial charge in [-0.05, 0) is 25.8 Å². The zero-order chi connectivity index (χ0) is 11.9. The molecule has 0 amide bonds. The van der Waals surface area contributed by atoms with E-state index in [1.807, 2.05) is 0 Å². The molecule has 0 radical (unpaired) electrons. The van der Waals surface area contributed by atoms with Gasteiger partial charge in [0.1, 0.15) is 5.65 Å². The number of nitrogens with zero attached hydrogens (tertiary/aromatic N) is 3. The van der Waals surface area contributed by atoms with Crippen molar-refractivity contribution >= 4 is 17.0 Å². The standard InChI is InChI=1S/C12H18N4/c1-7(2)10-9-5-6-16(8(3)4)11(9)15-12(13)14-10/h5-8H,1-4H3,(H2,13,14,15). The Bertz CT molecular complexity index is 511. The van der Waals surface area contributed by atoms with Crippen LogP contribution in [-0.2, 0) is 0 Å². The van der Waals surface area contributed by atoms with Gasteiger partial charge >= 0.3 is 0 Å². The highest BCUT2D eigenvalue weighted by atomic mass is 15.1. The van der Waals surface area contributed by atoms with Gasteiger partial charge < -0.3 is 10.3 Å². The monoisotopic (exact) mass is 218 g/mol. The molecule has 0 saturated heterocycles. The van der Waals surface area contributed by atoms with E-state index < -0.39 is 0 Å². The lowest BCUT2D eigenvalue weighted by Crippen LogP contribution is -2.05. The first-order chi connectivity index (χ1) is 7.50. The SMILES string of the molecule is CC(C)c1nc(N)nc2c1ccn2C(C)C. The van der Waals surface area contributed by atoms with Crippen LogP contribution in [-0.4, -0.2) is 14.5 Å². The fourth-order valence-electron chi connectivity index (χ4n) is 1.93. The zero-order valence-corrected chi connectivity index (χ0v) is 10.2. The first kappa shape index (κ1) is 10.9. The summed E-state index contributed by atoms with van der Waals surface area (Å²) in [5, 5.41) is 1.11. The van der Waals surface area contributed by atoms with Crippen LogP contribution in [0.25, 0.3) is 11.0 Å². The Hall–Kier alpha value is -1.58. The zero-order valence-electron chi connectivity index (χ0n) is 10.2. The number of nitrogen functional groups attached to an aromatic ring is 1. The molecule has 2 aromatic heterocycles. The lowest BCUT2D eigenvalue weighted by molar-refractivity contribution is 0.617. The summed E-state index contributed by atoms with van der Waals surface area (Å²) in [4.78, 5) is 8.66. The fraction of sp³-hybridized carbons (Fsp3) is 0.500. The second-order valence-electron chi connectivity index (χ2n) is 4.68. The first-order valence-corrected chi connectivity index (χ1v) is 5.64. The van der Waals surface area contributed by atoms with Gasteiger partial charge in [-0.1, -0.05) is 13.8 Å². The number of aromatic nitrogens is 3. The van der Waals surface area contributed by atoms with Crippen molar-refractivity contribution in [3.05, 3.63) is 18.0 Å². The maximum atomic E-state index is 5.76. The number of nitrogens with two attached hydrogens (primary N) is 1. The molecule has 16 heavy (non-hydrogen) atoms. The summed E-state index contributed by atoms with van der Waals surface area (Å²) >= 11 is 0. The van der Waals surface area contributed by atoms with Crippen LogP contribution in [0.4, 0.5) is 5.95 Å². The first-order valence-electron chi connectivity index (χ1n) is 5.64. The molecule has 0 aromatic carbocycles. The second-order valence-corrected chi connectivity index (χ2v) is 4.68. The lowest BCUT2D eigenvalue weighted by atomic mass is 10.1. The van der Waals surface area contributed by atoms with E-state index in [2.05, 4.69) is 54.5 Å². The molecule has 2 rings (SSSR count). The molecule has 0 aliphatic rings. The van der Waals surface area contributed by atoms with Crippen LogP contribution in [0.15, 0.2) is 12.3 Å². The number of hydrogen-bond acceptors (Lipinski definition) is 3. The summed E-state index contributed by atoms with van der Waals surface area (Å²) in [6, 6.07) is 2.45. The quantitative estimate of drug-likeness (QED) is 0.843. The van der Waals surface area contributed by atoms with Gasteiger partial charge in [0.25, 0.3) is 0 Å². The average molecular weight is 218 g/mol. The highest BCUT2D eigenvalue weighted by Gasteiger charge is 2.13. The summed E-state index contributed by atoms with van der Waals surface area (Å²) in [7, 11) is 0. The van der Waals surface area contributed by atoms with E-state index >= 15 is 0 Å². The average Bonchev–Trinajstić information content (AvgIpc) is 2.59.